The van der Waals surface area contributed by atoms with E-state index in [0.29, 0.717) is 12.1 Å². The van der Waals surface area contributed by atoms with Gasteiger partial charge in [0, 0.05) is 15.7 Å². The molecule has 26 heavy (non-hydrogen) atoms. The molecule has 2 aromatic carbocycles. The zero-order valence-corrected chi connectivity index (χ0v) is 16.2. The molecule has 1 aromatic heterocycles. The third-order valence-electron chi connectivity index (χ3n) is 3.88. The zero-order chi connectivity index (χ0) is 18.5. The molecule has 3 rings (SSSR count). The predicted octanol–water partition coefficient (Wildman–Crippen LogP) is 4.07. The van der Waals surface area contributed by atoms with Gasteiger partial charge in [0.05, 0.1) is 18.5 Å². The van der Waals surface area contributed by atoms with Crippen LogP contribution in [0.4, 0.5) is 0 Å². The van der Waals surface area contributed by atoms with Crippen molar-refractivity contribution >= 4 is 28.1 Å². The second-order valence-corrected chi connectivity index (χ2v) is 6.95. The molecule has 5 nitrogen and oxygen atoms in total. The molecular weight excluding hydrogens is 392 g/mol. The third kappa shape index (κ3) is 4.67. The molecule has 3 aromatic rings. The minimum absolute atomic E-state index is 0.242. The van der Waals surface area contributed by atoms with Gasteiger partial charge in [-0.25, -0.2) is 5.43 Å². The Morgan fingerprint density at radius 1 is 1.19 bits per heavy atom. The number of aryl methyl sites for hydroxylation is 2. The lowest BCUT2D eigenvalue weighted by molar-refractivity contribution is 0.0955. The number of amides is 1. The Morgan fingerprint density at radius 3 is 2.62 bits per heavy atom. The maximum absolute atomic E-state index is 12.2. The van der Waals surface area contributed by atoms with E-state index >= 15 is 0 Å². The van der Waals surface area contributed by atoms with Crippen LogP contribution in [-0.4, -0.2) is 21.9 Å². The number of nitrogens with zero attached hydrogens (tertiary/aromatic N) is 3. The molecule has 6 heteroatoms. The summed E-state index contributed by atoms with van der Waals surface area (Å²) >= 11 is 3.40. The first-order valence-electron chi connectivity index (χ1n) is 8.20. The van der Waals surface area contributed by atoms with Crippen LogP contribution in [0.2, 0.25) is 0 Å². The molecule has 0 atom stereocenters. The van der Waals surface area contributed by atoms with Crippen LogP contribution in [-0.2, 0) is 6.54 Å². The molecule has 0 spiro atoms. The van der Waals surface area contributed by atoms with Gasteiger partial charge in [0.15, 0.2) is 0 Å². The Hall–Kier alpha value is -2.73. The summed E-state index contributed by atoms with van der Waals surface area (Å²) in [6.07, 6.45) is 1.61. The van der Waals surface area contributed by atoms with E-state index in [-0.39, 0.29) is 5.91 Å². The summed E-state index contributed by atoms with van der Waals surface area (Å²) in [4.78, 5) is 12.2. The predicted molar refractivity (Wildman–Crippen MR) is 106 cm³/mol. The highest BCUT2D eigenvalue weighted by atomic mass is 79.9. The summed E-state index contributed by atoms with van der Waals surface area (Å²) in [5.74, 6) is -0.242. The first kappa shape index (κ1) is 18.1. The summed E-state index contributed by atoms with van der Waals surface area (Å²) in [5, 5.41) is 8.46. The van der Waals surface area contributed by atoms with E-state index in [4.69, 9.17) is 0 Å². The van der Waals surface area contributed by atoms with Gasteiger partial charge in [0.2, 0.25) is 0 Å². The number of halogens is 1. The van der Waals surface area contributed by atoms with E-state index in [2.05, 4.69) is 31.6 Å². The lowest BCUT2D eigenvalue weighted by Crippen LogP contribution is -2.17. The van der Waals surface area contributed by atoms with E-state index in [1.807, 2.05) is 61.0 Å². The van der Waals surface area contributed by atoms with Crippen LogP contribution in [0.25, 0.3) is 0 Å². The molecule has 1 heterocycles. The number of benzene rings is 2. The lowest BCUT2D eigenvalue weighted by Gasteiger charge is -2.06. The Kier molecular flexibility index (Phi) is 5.63. The lowest BCUT2D eigenvalue weighted by atomic mass is 10.1. The third-order valence-corrected chi connectivity index (χ3v) is 4.37. The summed E-state index contributed by atoms with van der Waals surface area (Å²) in [6.45, 7) is 4.69. The molecule has 0 radical (unpaired) electrons. The average Bonchev–Trinajstić information content (AvgIpc) is 2.93. The van der Waals surface area contributed by atoms with Crippen molar-refractivity contribution in [2.45, 2.75) is 20.4 Å². The molecule has 0 saturated carbocycles. The Balaban J connectivity index is 1.61. The van der Waals surface area contributed by atoms with Gasteiger partial charge in [-0.2, -0.15) is 10.2 Å². The van der Waals surface area contributed by atoms with Crippen LogP contribution in [0.3, 0.4) is 0 Å². The number of hydrogen-bond acceptors (Lipinski definition) is 3. The van der Waals surface area contributed by atoms with Gasteiger partial charge < -0.3 is 0 Å². The molecule has 1 N–H and O–H groups in total. The van der Waals surface area contributed by atoms with Gasteiger partial charge in [-0.15, -0.1) is 0 Å². The SMILES string of the molecule is Cc1cc(C)n(Cc2ccc(C(=O)N/N=C/c3cccc(Br)c3)cc2)n1. The number of hydrazone groups is 1. The minimum Gasteiger partial charge on any atom is -0.267 e. The zero-order valence-electron chi connectivity index (χ0n) is 14.6. The van der Waals surface area contributed by atoms with Crippen molar-refractivity contribution in [2.24, 2.45) is 5.10 Å². The van der Waals surface area contributed by atoms with Crippen LogP contribution >= 0.6 is 15.9 Å². The Bertz CT molecular complexity index is 945. The van der Waals surface area contributed by atoms with Crippen LogP contribution in [0.1, 0.15) is 32.9 Å². The van der Waals surface area contributed by atoms with E-state index < -0.39 is 0 Å². The highest BCUT2D eigenvalue weighted by Gasteiger charge is 2.06. The van der Waals surface area contributed by atoms with Gasteiger partial charge in [0.25, 0.3) is 5.91 Å². The van der Waals surface area contributed by atoms with Crippen LogP contribution in [0.15, 0.2) is 64.2 Å². The number of carbonyl (C=O) groups excluding carboxylic acids is 1. The monoisotopic (exact) mass is 410 g/mol. The quantitative estimate of drug-likeness (QED) is 0.508. The van der Waals surface area contributed by atoms with Crippen LogP contribution < -0.4 is 5.43 Å². The van der Waals surface area contributed by atoms with E-state index in [0.717, 1.165) is 27.0 Å². The van der Waals surface area contributed by atoms with Crippen molar-refractivity contribution in [3.05, 3.63) is 87.1 Å². The molecule has 0 unspecified atom stereocenters. The normalized spacial score (nSPS) is 11.0. The molecular formula is C20H19BrN4O. The van der Waals surface area contributed by atoms with Gasteiger partial charge in [-0.3, -0.25) is 9.48 Å². The number of rotatable bonds is 5. The van der Waals surface area contributed by atoms with E-state index in [9.17, 15) is 4.79 Å². The number of nitrogens with one attached hydrogen (secondary N) is 1. The molecule has 1 amide bonds. The number of carbonyl (C=O) groups is 1. The van der Waals surface area contributed by atoms with Crippen molar-refractivity contribution in [1.82, 2.24) is 15.2 Å². The van der Waals surface area contributed by atoms with Gasteiger partial charge >= 0.3 is 0 Å². The topological polar surface area (TPSA) is 59.3 Å². The second-order valence-electron chi connectivity index (χ2n) is 6.04. The average molecular weight is 411 g/mol. The van der Waals surface area contributed by atoms with Crippen LogP contribution in [0.5, 0.6) is 0 Å². The molecule has 0 bridgehead atoms. The Labute approximate surface area is 160 Å². The minimum atomic E-state index is -0.242. The van der Waals surface area contributed by atoms with E-state index in [1.165, 1.54) is 0 Å². The van der Waals surface area contributed by atoms with Gasteiger partial charge in [0.1, 0.15) is 0 Å². The van der Waals surface area contributed by atoms with Crippen molar-refractivity contribution < 1.29 is 4.79 Å². The largest absolute Gasteiger partial charge is 0.271 e. The summed E-state index contributed by atoms with van der Waals surface area (Å²) in [5.41, 5.74) is 7.22. The summed E-state index contributed by atoms with van der Waals surface area (Å²) < 4.78 is 2.91. The number of aromatic nitrogens is 2. The molecule has 0 fully saturated rings. The number of hydrogen-bond donors (Lipinski definition) is 1. The maximum Gasteiger partial charge on any atom is 0.271 e. The summed E-state index contributed by atoms with van der Waals surface area (Å²) in [6, 6.07) is 17.2. The standard InChI is InChI=1S/C20H19BrN4O/c1-14-10-15(2)25(24-14)13-16-6-8-18(9-7-16)20(26)23-22-12-17-4-3-5-19(21)11-17/h3-12H,13H2,1-2H3,(H,23,26)/b22-12+. The first-order chi connectivity index (χ1) is 12.5. The van der Waals surface area contributed by atoms with Gasteiger partial charge in [-0.1, -0.05) is 40.2 Å². The molecule has 0 aliphatic rings. The van der Waals surface area contributed by atoms with Crippen molar-refractivity contribution in [2.75, 3.05) is 0 Å². The fourth-order valence-electron chi connectivity index (χ4n) is 2.59. The second kappa shape index (κ2) is 8.10. The smallest absolute Gasteiger partial charge is 0.267 e. The molecule has 0 aliphatic carbocycles. The van der Waals surface area contributed by atoms with Crippen molar-refractivity contribution in [3.8, 4) is 0 Å². The van der Waals surface area contributed by atoms with Gasteiger partial charge in [-0.05, 0) is 55.3 Å². The molecule has 0 aliphatic heterocycles. The Morgan fingerprint density at radius 2 is 1.96 bits per heavy atom. The van der Waals surface area contributed by atoms with Crippen molar-refractivity contribution in [1.29, 1.82) is 0 Å². The first-order valence-corrected chi connectivity index (χ1v) is 8.99. The highest BCUT2D eigenvalue weighted by Crippen LogP contribution is 2.11. The fourth-order valence-corrected chi connectivity index (χ4v) is 3.00. The van der Waals surface area contributed by atoms with Crippen LogP contribution in [0, 0.1) is 13.8 Å². The van der Waals surface area contributed by atoms with Crippen molar-refractivity contribution in [3.63, 3.8) is 0 Å². The molecule has 0 saturated heterocycles. The maximum atomic E-state index is 12.2. The highest BCUT2D eigenvalue weighted by molar-refractivity contribution is 9.10. The fraction of sp³-hybridized carbons (Fsp3) is 0.150. The summed E-state index contributed by atoms with van der Waals surface area (Å²) in [7, 11) is 0. The van der Waals surface area contributed by atoms with E-state index in [1.54, 1.807) is 18.3 Å². The molecule has 132 valence electrons.